The molecule has 3 aliphatic rings. The van der Waals surface area contributed by atoms with Crippen LogP contribution in [0.1, 0.15) is 67.5 Å². The lowest BCUT2D eigenvalue weighted by molar-refractivity contribution is 0.123. The van der Waals surface area contributed by atoms with Gasteiger partial charge in [0.25, 0.3) is 0 Å². The van der Waals surface area contributed by atoms with Crippen LogP contribution in [0.15, 0.2) is 90.3 Å². The predicted molar refractivity (Wildman–Crippen MR) is 181 cm³/mol. The largest absolute Gasteiger partial charge is 0.378 e. The van der Waals surface area contributed by atoms with Gasteiger partial charge in [0, 0.05) is 49.2 Å². The van der Waals surface area contributed by atoms with E-state index in [9.17, 15) is 4.79 Å². The summed E-state index contributed by atoms with van der Waals surface area (Å²) in [7, 11) is 0. The predicted octanol–water partition coefficient (Wildman–Crippen LogP) is 7.85. The molecule has 2 N–H and O–H groups in total. The number of nitrogens with one attached hydrogen (secondary N) is 2. The SMILES string of the molecule is Cc1ccc2c(c1)N(c1ccc(NCc3ncc[nH]3)cc1)C(=O)N(C1CCN(Cc3ccccc3)CC1)N=C2C1CCCCC1. The number of H-pyrrole nitrogens is 1. The Labute approximate surface area is 266 Å². The van der Waals surface area contributed by atoms with Crippen LogP contribution in [0.3, 0.4) is 0 Å². The number of piperidine rings is 1. The van der Waals surface area contributed by atoms with Crippen LogP contribution in [-0.4, -0.2) is 50.8 Å². The van der Waals surface area contributed by atoms with Crippen molar-refractivity contribution in [1.82, 2.24) is 19.9 Å². The van der Waals surface area contributed by atoms with E-state index in [4.69, 9.17) is 5.10 Å². The number of carbonyl (C=O) groups excluding carboxylic acids is 1. The minimum absolute atomic E-state index is 0.0512. The van der Waals surface area contributed by atoms with Crippen LogP contribution in [0, 0.1) is 12.8 Å². The molecule has 2 amide bonds. The molecule has 45 heavy (non-hydrogen) atoms. The second-order valence-corrected chi connectivity index (χ2v) is 12.7. The van der Waals surface area contributed by atoms with Gasteiger partial charge in [0.15, 0.2) is 0 Å². The van der Waals surface area contributed by atoms with Gasteiger partial charge < -0.3 is 10.3 Å². The number of amides is 2. The maximum Gasteiger partial charge on any atom is 0.349 e. The fourth-order valence-corrected chi connectivity index (χ4v) is 7.10. The van der Waals surface area contributed by atoms with Crippen molar-refractivity contribution >= 4 is 28.8 Å². The number of urea groups is 1. The van der Waals surface area contributed by atoms with E-state index in [-0.39, 0.29) is 12.1 Å². The van der Waals surface area contributed by atoms with Gasteiger partial charge in [0.05, 0.1) is 29.7 Å². The first-order valence-corrected chi connectivity index (χ1v) is 16.5. The third-order valence-electron chi connectivity index (χ3n) is 9.56. The number of likely N-dealkylation sites (tertiary alicyclic amines) is 1. The summed E-state index contributed by atoms with van der Waals surface area (Å²) >= 11 is 0. The highest BCUT2D eigenvalue weighted by molar-refractivity contribution is 6.14. The summed E-state index contributed by atoms with van der Waals surface area (Å²) in [6, 6.07) is 25.4. The fraction of sp³-hybridized carbons (Fsp3) is 0.378. The molecule has 232 valence electrons. The number of hydrogen-bond donors (Lipinski definition) is 2. The molecule has 3 heterocycles. The van der Waals surface area contributed by atoms with Gasteiger partial charge in [-0.05, 0) is 74.1 Å². The minimum atomic E-state index is -0.0644. The van der Waals surface area contributed by atoms with Crippen molar-refractivity contribution < 1.29 is 4.79 Å². The lowest BCUT2D eigenvalue weighted by atomic mass is 9.82. The number of fused-ring (bicyclic) bond motifs is 1. The molecule has 3 aromatic carbocycles. The Bertz CT molecular complexity index is 1600. The number of hydrazone groups is 1. The van der Waals surface area contributed by atoms with Gasteiger partial charge in [-0.3, -0.25) is 9.80 Å². The van der Waals surface area contributed by atoms with E-state index in [0.29, 0.717) is 12.5 Å². The number of carbonyl (C=O) groups is 1. The zero-order valence-electron chi connectivity index (χ0n) is 26.2. The van der Waals surface area contributed by atoms with Crippen LogP contribution in [0.25, 0.3) is 0 Å². The smallest absolute Gasteiger partial charge is 0.349 e. The molecule has 1 aromatic heterocycles. The third kappa shape index (κ3) is 6.52. The van der Waals surface area contributed by atoms with E-state index in [2.05, 4.69) is 75.6 Å². The van der Waals surface area contributed by atoms with Crippen LogP contribution in [-0.2, 0) is 13.1 Å². The molecule has 8 nitrogen and oxygen atoms in total. The first-order chi connectivity index (χ1) is 22.1. The highest BCUT2D eigenvalue weighted by Crippen LogP contribution is 2.39. The normalized spacial score (nSPS) is 18.4. The van der Waals surface area contributed by atoms with E-state index >= 15 is 0 Å². The van der Waals surface area contributed by atoms with Gasteiger partial charge >= 0.3 is 6.03 Å². The average Bonchev–Trinajstić information content (AvgIpc) is 3.57. The number of aromatic nitrogens is 2. The van der Waals surface area contributed by atoms with Crippen LogP contribution in [0.5, 0.6) is 0 Å². The van der Waals surface area contributed by atoms with Crippen molar-refractivity contribution in [3.8, 4) is 0 Å². The van der Waals surface area contributed by atoms with E-state index < -0.39 is 0 Å². The molecule has 8 heteroatoms. The molecule has 4 aromatic rings. The van der Waals surface area contributed by atoms with E-state index in [0.717, 1.165) is 85.0 Å². The summed E-state index contributed by atoms with van der Waals surface area (Å²) in [4.78, 5) is 26.6. The quantitative estimate of drug-likeness (QED) is 0.216. The number of imidazole rings is 1. The van der Waals surface area contributed by atoms with Crippen molar-refractivity contribution in [3.05, 3.63) is 108 Å². The molecule has 0 radical (unpaired) electrons. The molecule has 0 unspecified atom stereocenters. The van der Waals surface area contributed by atoms with Crippen LogP contribution in [0.2, 0.25) is 0 Å². The number of benzene rings is 3. The Morgan fingerprint density at radius 2 is 1.69 bits per heavy atom. The summed E-state index contributed by atoms with van der Waals surface area (Å²) in [5.74, 6) is 1.24. The Hall–Kier alpha value is -4.43. The Kier molecular flexibility index (Phi) is 8.65. The number of rotatable bonds is 8. The first kappa shape index (κ1) is 29.3. The molecule has 0 bridgehead atoms. The van der Waals surface area contributed by atoms with Crippen molar-refractivity contribution in [2.45, 2.75) is 71.0 Å². The second kappa shape index (κ2) is 13.3. The van der Waals surface area contributed by atoms with Gasteiger partial charge in [0.1, 0.15) is 5.82 Å². The highest BCUT2D eigenvalue weighted by Gasteiger charge is 2.38. The Morgan fingerprint density at radius 1 is 0.911 bits per heavy atom. The second-order valence-electron chi connectivity index (χ2n) is 12.7. The number of anilines is 3. The summed E-state index contributed by atoms with van der Waals surface area (Å²) in [5.41, 5.74) is 7.40. The van der Waals surface area contributed by atoms with Gasteiger partial charge in [-0.1, -0.05) is 61.7 Å². The maximum absolute atomic E-state index is 14.8. The fourth-order valence-electron chi connectivity index (χ4n) is 7.10. The number of aromatic amines is 1. The van der Waals surface area contributed by atoms with Crippen molar-refractivity contribution in [2.24, 2.45) is 11.0 Å². The van der Waals surface area contributed by atoms with E-state index in [1.165, 1.54) is 24.8 Å². The van der Waals surface area contributed by atoms with Crippen molar-refractivity contribution in [3.63, 3.8) is 0 Å². The zero-order chi connectivity index (χ0) is 30.6. The van der Waals surface area contributed by atoms with Gasteiger partial charge in [0.2, 0.25) is 0 Å². The Morgan fingerprint density at radius 3 is 2.42 bits per heavy atom. The topological polar surface area (TPSA) is 79.9 Å². The molecule has 0 atom stereocenters. The standard InChI is InChI=1S/C37H43N7O/c1-27-12-17-33-34(24-27)43(31-15-13-30(14-16-31)40-25-35-38-20-21-39-35)37(45)44(41-36(33)29-10-6-3-7-11-29)32-18-22-42(23-19-32)26-28-8-4-2-5-9-28/h2,4-5,8-9,12-17,20-21,24,29,32,40H,3,6-7,10-11,18-19,22-23,25-26H2,1H3,(H,38,39). The minimum Gasteiger partial charge on any atom is -0.378 e. The molecule has 1 saturated heterocycles. The molecular formula is C37H43N7O. The molecule has 1 aliphatic carbocycles. The lowest BCUT2D eigenvalue weighted by Gasteiger charge is -2.37. The van der Waals surface area contributed by atoms with Crippen LogP contribution >= 0.6 is 0 Å². The highest BCUT2D eigenvalue weighted by atomic mass is 16.2. The molecule has 1 saturated carbocycles. The zero-order valence-corrected chi connectivity index (χ0v) is 26.2. The molecule has 7 rings (SSSR count). The van der Waals surface area contributed by atoms with Gasteiger partial charge in [-0.15, -0.1) is 0 Å². The summed E-state index contributed by atoms with van der Waals surface area (Å²) in [5, 5.41) is 10.6. The number of aryl methyl sites for hydroxylation is 1. The number of hydrogen-bond acceptors (Lipinski definition) is 5. The third-order valence-corrected chi connectivity index (χ3v) is 9.56. The summed E-state index contributed by atoms with van der Waals surface area (Å²) in [6.45, 7) is 5.54. The molecular weight excluding hydrogens is 558 g/mol. The lowest BCUT2D eigenvalue weighted by Crippen LogP contribution is -2.48. The summed E-state index contributed by atoms with van der Waals surface area (Å²) < 4.78 is 0. The number of nitrogens with zero attached hydrogens (tertiary/aromatic N) is 5. The van der Waals surface area contributed by atoms with E-state index in [1.807, 2.05) is 40.4 Å². The van der Waals surface area contributed by atoms with E-state index in [1.54, 1.807) is 6.20 Å². The van der Waals surface area contributed by atoms with Crippen LogP contribution in [0.4, 0.5) is 21.9 Å². The maximum atomic E-state index is 14.8. The molecule has 2 aliphatic heterocycles. The average molecular weight is 602 g/mol. The summed E-state index contributed by atoms with van der Waals surface area (Å²) in [6.07, 6.45) is 11.3. The molecule has 2 fully saturated rings. The van der Waals surface area contributed by atoms with Crippen LogP contribution < -0.4 is 10.2 Å². The first-order valence-electron chi connectivity index (χ1n) is 16.5. The van der Waals surface area contributed by atoms with Crippen molar-refractivity contribution in [1.29, 1.82) is 0 Å². The molecule has 0 spiro atoms. The van der Waals surface area contributed by atoms with Crippen molar-refractivity contribution in [2.75, 3.05) is 23.3 Å². The Balaban J connectivity index is 1.20. The van der Waals surface area contributed by atoms with Gasteiger partial charge in [-0.2, -0.15) is 5.10 Å². The van der Waals surface area contributed by atoms with Gasteiger partial charge in [-0.25, -0.2) is 14.8 Å². The monoisotopic (exact) mass is 601 g/mol.